The van der Waals surface area contributed by atoms with Gasteiger partial charge >= 0.3 is 6.09 Å². The molecule has 4 fully saturated rings. The minimum Gasteiger partial charge on any atom is -0.496 e. The first-order chi connectivity index (χ1) is 29.2. The van der Waals surface area contributed by atoms with Crippen molar-refractivity contribution in [2.75, 3.05) is 20.3 Å². The molecular formula is C44H55N5O10S2. The monoisotopic (exact) mass is 877 g/mol. The van der Waals surface area contributed by atoms with E-state index in [0.717, 1.165) is 36.8 Å². The fraction of sp³-hybridized carbons (Fsp3) is 0.568. The summed E-state index contributed by atoms with van der Waals surface area (Å²) in [7, 11) is -2.31. The van der Waals surface area contributed by atoms with Crippen LogP contribution in [-0.4, -0.2) is 91.4 Å². The SMILES string of the molecule is C=C[C@@H]1CC1(NC(=O)[C@@H]1C[C@@H]2CN1C(=O)[C@H](C1CCCC1)NC(=O)OCC(C)(C)CCCc1cc3c(cc(OCc4ccsc4)nc3cc1OC)O2)C(=O)NS(=O)(=O)C1CC1. The summed E-state index contributed by atoms with van der Waals surface area (Å²) in [6.07, 6.45) is 6.50. The van der Waals surface area contributed by atoms with E-state index < -0.39 is 68.7 Å². The molecule has 1 unspecified atom stereocenters. The van der Waals surface area contributed by atoms with Gasteiger partial charge in [0.15, 0.2) is 0 Å². The summed E-state index contributed by atoms with van der Waals surface area (Å²) >= 11 is 1.56. The largest absolute Gasteiger partial charge is 0.496 e. The Balaban J connectivity index is 1.16. The minimum atomic E-state index is -3.92. The highest BCUT2D eigenvalue weighted by molar-refractivity contribution is 7.91. The van der Waals surface area contributed by atoms with E-state index >= 15 is 0 Å². The Labute approximate surface area is 360 Å². The molecule has 3 aliphatic carbocycles. The summed E-state index contributed by atoms with van der Waals surface area (Å²) in [5, 5.41) is 9.76. The normalized spacial score (nSPS) is 27.0. The quantitative estimate of drug-likeness (QED) is 0.205. The van der Waals surface area contributed by atoms with E-state index in [1.54, 1.807) is 24.5 Å². The fourth-order valence-electron chi connectivity index (χ4n) is 9.02. The van der Waals surface area contributed by atoms with Crippen LogP contribution in [0.2, 0.25) is 0 Å². The number of aromatic nitrogens is 1. The highest BCUT2D eigenvalue weighted by Crippen LogP contribution is 2.46. The number of cyclic esters (lactones) is 1. The summed E-state index contributed by atoms with van der Waals surface area (Å²) in [5.74, 6) is -1.26. The highest BCUT2D eigenvalue weighted by atomic mass is 32.2. The molecule has 61 heavy (non-hydrogen) atoms. The lowest BCUT2D eigenvalue weighted by Crippen LogP contribution is -2.59. The number of hydrogen-bond donors (Lipinski definition) is 3. The van der Waals surface area contributed by atoms with Gasteiger partial charge in [0.2, 0.25) is 27.7 Å². The van der Waals surface area contributed by atoms with E-state index in [9.17, 15) is 27.6 Å². The van der Waals surface area contributed by atoms with Gasteiger partial charge in [-0.25, -0.2) is 18.2 Å². The van der Waals surface area contributed by atoms with Crippen LogP contribution >= 0.6 is 11.3 Å². The molecule has 5 aliphatic rings. The average molecular weight is 878 g/mol. The van der Waals surface area contributed by atoms with Gasteiger partial charge in [-0.1, -0.05) is 32.8 Å². The van der Waals surface area contributed by atoms with Crippen LogP contribution in [0, 0.1) is 17.3 Å². The van der Waals surface area contributed by atoms with Gasteiger partial charge in [-0.05, 0) is 91.2 Å². The number of aryl methyl sites for hydroxylation is 1. The van der Waals surface area contributed by atoms with E-state index in [4.69, 9.17) is 23.9 Å². The zero-order valence-electron chi connectivity index (χ0n) is 34.9. The van der Waals surface area contributed by atoms with Crippen molar-refractivity contribution in [1.82, 2.24) is 25.2 Å². The maximum Gasteiger partial charge on any atom is 0.407 e. The third-order valence-electron chi connectivity index (χ3n) is 12.8. The molecule has 4 bridgehead atoms. The third-order valence-corrected chi connectivity index (χ3v) is 15.4. The zero-order valence-corrected chi connectivity index (χ0v) is 36.5. The number of nitrogens with zero attached hydrogens (tertiary/aromatic N) is 2. The number of alkyl carbamates (subject to hydrolysis) is 1. The first-order valence-electron chi connectivity index (χ1n) is 21.3. The Morgan fingerprint density at radius 1 is 1.13 bits per heavy atom. The summed E-state index contributed by atoms with van der Waals surface area (Å²) in [5.41, 5.74) is 0.535. The third kappa shape index (κ3) is 9.32. The van der Waals surface area contributed by atoms with Crippen LogP contribution in [0.25, 0.3) is 10.9 Å². The molecule has 17 heteroatoms. The number of ether oxygens (including phenoxy) is 4. The first-order valence-corrected chi connectivity index (χ1v) is 23.7. The van der Waals surface area contributed by atoms with Crippen LogP contribution in [0.4, 0.5) is 4.79 Å². The van der Waals surface area contributed by atoms with Crippen LogP contribution < -0.4 is 29.6 Å². The molecule has 5 atom stereocenters. The molecule has 1 aromatic carbocycles. The number of fused-ring (bicyclic) bond motifs is 3. The van der Waals surface area contributed by atoms with Crippen molar-refractivity contribution in [1.29, 1.82) is 0 Å². The molecule has 4 amide bonds. The summed E-state index contributed by atoms with van der Waals surface area (Å²) in [6.45, 7) is 8.26. The molecule has 15 nitrogen and oxygen atoms in total. The van der Waals surface area contributed by atoms with Gasteiger partial charge in [-0.15, -0.1) is 6.58 Å². The molecular weight excluding hydrogens is 823 g/mol. The van der Waals surface area contributed by atoms with Crippen LogP contribution in [0.3, 0.4) is 0 Å². The van der Waals surface area contributed by atoms with Crippen molar-refractivity contribution >= 4 is 56.1 Å². The second-order valence-electron chi connectivity index (χ2n) is 18.0. The molecule has 3 N–H and O–H groups in total. The van der Waals surface area contributed by atoms with E-state index in [1.165, 1.54) is 11.0 Å². The van der Waals surface area contributed by atoms with E-state index in [-0.39, 0.29) is 43.9 Å². The number of hydrogen-bond acceptors (Lipinski definition) is 12. The van der Waals surface area contributed by atoms with Gasteiger partial charge in [-0.2, -0.15) is 11.3 Å². The number of carbonyl (C=O) groups excluding carboxylic acids is 4. The number of amides is 4. The molecule has 2 aromatic heterocycles. The van der Waals surface area contributed by atoms with Gasteiger partial charge < -0.3 is 34.5 Å². The minimum absolute atomic E-state index is 0.0258. The molecule has 2 aliphatic heterocycles. The molecule has 3 saturated carbocycles. The van der Waals surface area contributed by atoms with Crippen molar-refractivity contribution in [3.63, 3.8) is 0 Å². The second kappa shape index (κ2) is 17.1. The summed E-state index contributed by atoms with van der Waals surface area (Å²) in [4.78, 5) is 63.0. The summed E-state index contributed by atoms with van der Waals surface area (Å²) < 4.78 is 52.6. The first kappa shape index (κ1) is 42.8. The van der Waals surface area contributed by atoms with Crippen molar-refractivity contribution in [2.24, 2.45) is 17.3 Å². The van der Waals surface area contributed by atoms with Gasteiger partial charge in [0, 0.05) is 35.4 Å². The molecule has 8 rings (SSSR count). The average Bonchev–Trinajstić information content (AvgIpc) is 3.97. The number of sulfonamides is 1. The van der Waals surface area contributed by atoms with Gasteiger partial charge in [0.25, 0.3) is 5.91 Å². The Bertz CT molecular complexity index is 2290. The standard InChI is InChI=1S/C44H55N5O10S2/c1-5-29-21-44(29,41(52)48-61(54,55)31-12-13-31)47-39(50)34-18-30-22-49(34)40(51)38(27-9-6-7-10-27)46-42(53)58-25-43(2,3)15-8-11-28-17-32-33(19-35(28)56-4)45-37(20-36(32)59-30)57-23-26-14-16-60-24-26/h5,14,16-17,19-20,24,27,29-31,34,38H,1,6-13,15,18,21-23,25H2,2-4H3,(H,46,53)(H,47,50)(H,48,52)/t29-,30-,34+,38+,44?/m1/s1. The highest BCUT2D eigenvalue weighted by Gasteiger charge is 2.62. The van der Waals surface area contributed by atoms with Crippen LogP contribution in [-0.2, 0) is 42.2 Å². The maximum absolute atomic E-state index is 14.9. The number of pyridine rings is 1. The molecule has 3 aromatic rings. The van der Waals surface area contributed by atoms with Gasteiger partial charge in [-0.3, -0.25) is 19.1 Å². The molecule has 328 valence electrons. The number of methoxy groups -OCH3 is 1. The Morgan fingerprint density at radius 2 is 1.92 bits per heavy atom. The Hall–Kier alpha value is -4.90. The van der Waals surface area contributed by atoms with Gasteiger partial charge in [0.05, 0.1) is 31.0 Å². The number of rotatable bonds is 11. The zero-order chi connectivity index (χ0) is 43.1. The Kier molecular flexibility index (Phi) is 12.0. The number of nitrogens with one attached hydrogen (secondary N) is 3. The molecule has 4 heterocycles. The lowest BCUT2D eigenvalue weighted by atomic mass is 9.87. The topological polar surface area (TPSA) is 192 Å². The van der Waals surface area contributed by atoms with Crippen molar-refractivity contribution < 1.29 is 46.5 Å². The lowest BCUT2D eigenvalue weighted by molar-refractivity contribution is -0.142. The number of thiophene rings is 1. The van der Waals surface area contributed by atoms with E-state index in [0.29, 0.717) is 60.4 Å². The number of benzene rings is 1. The van der Waals surface area contributed by atoms with E-state index in [2.05, 4.69) is 21.9 Å². The van der Waals surface area contributed by atoms with E-state index in [1.807, 2.05) is 42.8 Å². The smallest absolute Gasteiger partial charge is 0.407 e. The van der Waals surface area contributed by atoms with Crippen LogP contribution in [0.1, 0.15) is 89.2 Å². The predicted molar refractivity (Wildman–Crippen MR) is 228 cm³/mol. The maximum atomic E-state index is 14.9. The number of carbonyl (C=O) groups is 4. The second-order valence-corrected chi connectivity index (χ2v) is 20.7. The van der Waals surface area contributed by atoms with Crippen molar-refractivity contribution in [3.05, 3.63) is 58.8 Å². The molecule has 1 saturated heterocycles. The molecule has 0 radical (unpaired) electrons. The summed E-state index contributed by atoms with van der Waals surface area (Å²) in [6, 6.07) is 5.43. The van der Waals surface area contributed by atoms with Crippen LogP contribution in [0.15, 0.2) is 47.7 Å². The van der Waals surface area contributed by atoms with Gasteiger partial charge in [0.1, 0.15) is 41.8 Å². The van der Waals surface area contributed by atoms with Crippen molar-refractivity contribution in [2.45, 2.75) is 120 Å². The predicted octanol–water partition coefficient (Wildman–Crippen LogP) is 5.55. The van der Waals surface area contributed by atoms with Crippen LogP contribution in [0.5, 0.6) is 17.4 Å². The fourth-order valence-corrected chi connectivity index (χ4v) is 11.0. The molecule has 0 spiro atoms. The Morgan fingerprint density at radius 3 is 2.61 bits per heavy atom. The lowest BCUT2D eigenvalue weighted by Gasteiger charge is -2.32. The van der Waals surface area contributed by atoms with Crippen molar-refractivity contribution in [3.8, 4) is 17.4 Å².